The number of hydrogen-bond acceptors (Lipinski definition) is 5. The minimum atomic E-state index is 0.126. The second kappa shape index (κ2) is 7.51. The molecular formula is C20H29N3O3. The SMILES string of the molecule is CC(C)c1nc2c(c(OC3CCN(C(=O)C4CC4)CC3)n1)CCOCC2. The van der Waals surface area contributed by atoms with Crippen molar-refractivity contribution in [2.45, 2.75) is 64.4 Å². The zero-order valence-electron chi connectivity index (χ0n) is 15.9. The molecule has 0 unspecified atom stereocenters. The second-order valence-corrected chi connectivity index (χ2v) is 8.00. The standard InChI is InChI=1S/C20H29N3O3/c1-13(2)18-21-17-8-12-25-11-7-16(17)19(22-18)26-15-5-9-23(10-6-15)20(24)14-3-4-14/h13-15H,3-12H2,1-2H3. The Bertz CT molecular complexity index is 665. The van der Waals surface area contributed by atoms with Gasteiger partial charge < -0.3 is 14.4 Å². The number of carbonyl (C=O) groups is 1. The van der Waals surface area contributed by atoms with Crippen LogP contribution in [-0.4, -0.2) is 53.2 Å². The van der Waals surface area contributed by atoms with E-state index in [1.807, 2.05) is 4.90 Å². The molecule has 0 atom stereocenters. The van der Waals surface area contributed by atoms with Gasteiger partial charge in [0.25, 0.3) is 0 Å². The van der Waals surface area contributed by atoms with Gasteiger partial charge >= 0.3 is 0 Å². The topological polar surface area (TPSA) is 64.5 Å². The molecule has 2 fully saturated rings. The van der Waals surface area contributed by atoms with E-state index in [1.165, 1.54) is 0 Å². The van der Waals surface area contributed by atoms with Crippen molar-refractivity contribution < 1.29 is 14.3 Å². The van der Waals surface area contributed by atoms with Gasteiger partial charge in [-0.3, -0.25) is 4.79 Å². The van der Waals surface area contributed by atoms with Gasteiger partial charge in [-0.15, -0.1) is 0 Å². The maximum absolute atomic E-state index is 12.2. The van der Waals surface area contributed by atoms with Crippen molar-refractivity contribution in [2.75, 3.05) is 26.3 Å². The molecule has 0 spiro atoms. The van der Waals surface area contributed by atoms with Gasteiger partial charge in [0.05, 0.1) is 18.9 Å². The van der Waals surface area contributed by atoms with Crippen molar-refractivity contribution in [3.63, 3.8) is 0 Å². The predicted octanol–water partition coefficient (Wildman–Crippen LogP) is 2.50. The maximum Gasteiger partial charge on any atom is 0.225 e. The van der Waals surface area contributed by atoms with Crippen molar-refractivity contribution in [3.05, 3.63) is 17.1 Å². The summed E-state index contributed by atoms with van der Waals surface area (Å²) in [5.74, 6) is 2.51. The number of likely N-dealkylation sites (tertiary alicyclic amines) is 1. The van der Waals surface area contributed by atoms with Crippen molar-refractivity contribution >= 4 is 5.91 Å². The molecule has 2 aliphatic heterocycles. The number of aromatic nitrogens is 2. The average molecular weight is 359 g/mol. The molecule has 1 amide bonds. The van der Waals surface area contributed by atoms with Crippen LogP contribution in [0.25, 0.3) is 0 Å². The molecule has 1 saturated heterocycles. The van der Waals surface area contributed by atoms with E-state index in [2.05, 4.69) is 13.8 Å². The fourth-order valence-corrected chi connectivity index (χ4v) is 3.72. The molecule has 3 heterocycles. The van der Waals surface area contributed by atoms with E-state index in [4.69, 9.17) is 19.4 Å². The smallest absolute Gasteiger partial charge is 0.225 e. The van der Waals surface area contributed by atoms with E-state index in [0.717, 1.165) is 74.6 Å². The molecule has 4 rings (SSSR count). The highest BCUT2D eigenvalue weighted by Crippen LogP contribution is 2.33. The third-order valence-corrected chi connectivity index (χ3v) is 5.53. The summed E-state index contributed by atoms with van der Waals surface area (Å²) in [6.45, 7) is 7.23. The highest BCUT2D eigenvalue weighted by atomic mass is 16.5. The summed E-state index contributed by atoms with van der Waals surface area (Å²) in [6, 6.07) is 0. The molecule has 3 aliphatic rings. The number of carbonyl (C=O) groups excluding carboxylic acids is 1. The Morgan fingerprint density at radius 1 is 1.12 bits per heavy atom. The number of ether oxygens (including phenoxy) is 2. The lowest BCUT2D eigenvalue weighted by atomic mass is 10.1. The third-order valence-electron chi connectivity index (χ3n) is 5.53. The van der Waals surface area contributed by atoms with E-state index in [9.17, 15) is 4.79 Å². The average Bonchev–Trinajstić information content (AvgIpc) is 3.48. The van der Waals surface area contributed by atoms with Crippen LogP contribution in [0.3, 0.4) is 0 Å². The summed E-state index contributed by atoms with van der Waals surface area (Å²) < 4.78 is 12.0. The molecule has 0 bridgehead atoms. The van der Waals surface area contributed by atoms with Crippen LogP contribution >= 0.6 is 0 Å². The maximum atomic E-state index is 12.2. The highest BCUT2D eigenvalue weighted by Gasteiger charge is 2.35. The first-order valence-corrected chi connectivity index (χ1v) is 10.0. The zero-order chi connectivity index (χ0) is 18.1. The van der Waals surface area contributed by atoms with Crippen molar-refractivity contribution in [2.24, 2.45) is 5.92 Å². The molecule has 0 N–H and O–H groups in total. The summed E-state index contributed by atoms with van der Waals surface area (Å²) in [5, 5.41) is 0. The van der Waals surface area contributed by atoms with Gasteiger partial charge in [-0.25, -0.2) is 4.98 Å². The van der Waals surface area contributed by atoms with Crippen LogP contribution in [0.5, 0.6) is 5.88 Å². The van der Waals surface area contributed by atoms with E-state index < -0.39 is 0 Å². The van der Waals surface area contributed by atoms with Gasteiger partial charge in [0.1, 0.15) is 11.9 Å². The van der Waals surface area contributed by atoms with Crippen molar-refractivity contribution in [1.29, 1.82) is 0 Å². The van der Waals surface area contributed by atoms with Crippen molar-refractivity contribution in [3.8, 4) is 5.88 Å². The quantitative estimate of drug-likeness (QED) is 0.826. The first-order valence-electron chi connectivity index (χ1n) is 10.0. The lowest BCUT2D eigenvalue weighted by Gasteiger charge is -2.32. The third kappa shape index (κ3) is 3.85. The fourth-order valence-electron chi connectivity index (χ4n) is 3.72. The molecule has 6 nitrogen and oxygen atoms in total. The molecule has 26 heavy (non-hydrogen) atoms. The minimum absolute atomic E-state index is 0.126. The Hall–Kier alpha value is -1.69. The summed E-state index contributed by atoms with van der Waals surface area (Å²) in [6.07, 6.45) is 5.66. The number of amides is 1. The molecule has 1 aromatic rings. The highest BCUT2D eigenvalue weighted by molar-refractivity contribution is 5.81. The number of hydrogen-bond donors (Lipinski definition) is 0. The number of piperidine rings is 1. The van der Waals surface area contributed by atoms with Crippen LogP contribution in [0.15, 0.2) is 0 Å². The molecular weight excluding hydrogens is 330 g/mol. The van der Waals surface area contributed by atoms with Gasteiger partial charge in [-0.1, -0.05) is 13.8 Å². The lowest BCUT2D eigenvalue weighted by molar-refractivity contribution is -0.134. The summed E-state index contributed by atoms with van der Waals surface area (Å²) >= 11 is 0. The summed E-state index contributed by atoms with van der Waals surface area (Å²) in [4.78, 5) is 23.8. The molecule has 0 aromatic carbocycles. The molecule has 1 aliphatic carbocycles. The molecule has 6 heteroatoms. The molecule has 142 valence electrons. The Balaban J connectivity index is 1.47. The number of fused-ring (bicyclic) bond motifs is 1. The van der Waals surface area contributed by atoms with Crippen LogP contribution in [-0.2, 0) is 22.4 Å². The molecule has 1 aromatic heterocycles. The number of rotatable bonds is 4. The van der Waals surface area contributed by atoms with Crippen LogP contribution in [0.4, 0.5) is 0 Å². The second-order valence-electron chi connectivity index (χ2n) is 8.00. The van der Waals surface area contributed by atoms with Crippen LogP contribution < -0.4 is 4.74 Å². The van der Waals surface area contributed by atoms with Crippen LogP contribution in [0.2, 0.25) is 0 Å². The van der Waals surface area contributed by atoms with Crippen molar-refractivity contribution in [1.82, 2.24) is 14.9 Å². The summed E-state index contributed by atoms with van der Waals surface area (Å²) in [7, 11) is 0. The van der Waals surface area contributed by atoms with Gasteiger partial charge in [0.15, 0.2) is 0 Å². The minimum Gasteiger partial charge on any atom is -0.474 e. The van der Waals surface area contributed by atoms with E-state index in [1.54, 1.807) is 0 Å². The molecule has 1 saturated carbocycles. The van der Waals surface area contributed by atoms with E-state index >= 15 is 0 Å². The predicted molar refractivity (Wildman–Crippen MR) is 97.3 cm³/mol. The van der Waals surface area contributed by atoms with E-state index in [-0.39, 0.29) is 12.0 Å². The van der Waals surface area contributed by atoms with Gasteiger partial charge in [0, 0.05) is 56.2 Å². The zero-order valence-corrected chi connectivity index (χ0v) is 15.9. The Morgan fingerprint density at radius 2 is 1.85 bits per heavy atom. The number of nitrogens with zero attached hydrogens (tertiary/aromatic N) is 3. The van der Waals surface area contributed by atoms with Gasteiger partial charge in [-0.05, 0) is 12.8 Å². The first kappa shape index (κ1) is 17.7. The monoisotopic (exact) mass is 359 g/mol. The van der Waals surface area contributed by atoms with Crippen LogP contribution in [0, 0.1) is 5.92 Å². The van der Waals surface area contributed by atoms with E-state index in [0.29, 0.717) is 25.0 Å². The Labute approximate surface area is 155 Å². The normalized spacial score (nSPS) is 21.4. The Kier molecular flexibility index (Phi) is 5.11. The summed E-state index contributed by atoms with van der Waals surface area (Å²) in [5.41, 5.74) is 2.20. The Morgan fingerprint density at radius 3 is 2.54 bits per heavy atom. The largest absolute Gasteiger partial charge is 0.474 e. The van der Waals surface area contributed by atoms with Gasteiger partial charge in [0.2, 0.25) is 11.8 Å². The van der Waals surface area contributed by atoms with Crippen LogP contribution in [0.1, 0.15) is 62.5 Å². The first-order chi connectivity index (χ1) is 12.6. The van der Waals surface area contributed by atoms with Gasteiger partial charge in [-0.2, -0.15) is 4.98 Å². The lowest BCUT2D eigenvalue weighted by Crippen LogP contribution is -2.42. The molecule has 0 radical (unpaired) electrons. The fraction of sp³-hybridized carbons (Fsp3) is 0.750.